The topological polar surface area (TPSA) is 84.9 Å². The van der Waals surface area contributed by atoms with E-state index in [4.69, 9.17) is 21.1 Å². The number of benzene rings is 3. The van der Waals surface area contributed by atoms with Crippen LogP contribution in [-0.4, -0.2) is 35.6 Å². The molecule has 3 amide bonds. The number of para-hydroxylation sites is 1. The summed E-state index contributed by atoms with van der Waals surface area (Å²) in [4.78, 5) is 38.6. The van der Waals surface area contributed by atoms with E-state index in [0.29, 0.717) is 22.7 Å². The van der Waals surface area contributed by atoms with Crippen molar-refractivity contribution in [1.29, 1.82) is 0 Å². The molecule has 184 valence electrons. The van der Waals surface area contributed by atoms with E-state index in [9.17, 15) is 18.8 Å². The molecule has 0 radical (unpaired) electrons. The predicted molar refractivity (Wildman–Crippen MR) is 136 cm³/mol. The molecule has 0 saturated carbocycles. The SMILES string of the molecule is COc1ccc(/C=C2/SC(=O)N(CC(=O)Nc3ccccc3)C2=O)cc1OCc1c(F)cccc1Cl. The predicted octanol–water partition coefficient (Wildman–Crippen LogP) is 5.74. The fourth-order valence-corrected chi connectivity index (χ4v) is 4.43. The Morgan fingerprint density at radius 1 is 1.08 bits per heavy atom. The van der Waals surface area contributed by atoms with Crippen molar-refractivity contribution in [2.45, 2.75) is 6.61 Å². The number of amides is 3. The minimum absolute atomic E-state index is 0.141. The van der Waals surface area contributed by atoms with E-state index >= 15 is 0 Å². The van der Waals surface area contributed by atoms with Crippen LogP contribution in [0.5, 0.6) is 11.5 Å². The average Bonchev–Trinajstić information content (AvgIpc) is 3.11. The molecule has 1 heterocycles. The number of carbonyl (C=O) groups is 3. The van der Waals surface area contributed by atoms with Crippen LogP contribution < -0.4 is 14.8 Å². The minimum atomic E-state index is -0.579. The van der Waals surface area contributed by atoms with Gasteiger partial charge in [0.05, 0.1) is 17.0 Å². The number of halogens is 2. The Balaban J connectivity index is 1.48. The number of imide groups is 1. The summed E-state index contributed by atoms with van der Waals surface area (Å²) in [5.41, 5.74) is 1.30. The van der Waals surface area contributed by atoms with Gasteiger partial charge in [-0.25, -0.2) is 4.39 Å². The summed E-state index contributed by atoms with van der Waals surface area (Å²) < 4.78 is 25.2. The average molecular weight is 527 g/mol. The largest absolute Gasteiger partial charge is 0.493 e. The maximum Gasteiger partial charge on any atom is 0.294 e. The number of carbonyl (C=O) groups excluding carboxylic acids is 3. The molecule has 1 saturated heterocycles. The number of hydrogen-bond acceptors (Lipinski definition) is 6. The molecule has 1 aliphatic rings. The molecule has 0 aliphatic carbocycles. The molecule has 36 heavy (non-hydrogen) atoms. The third kappa shape index (κ3) is 5.87. The van der Waals surface area contributed by atoms with Gasteiger partial charge in [0.15, 0.2) is 11.5 Å². The highest BCUT2D eigenvalue weighted by Gasteiger charge is 2.36. The van der Waals surface area contributed by atoms with Gasteiger partial charge in [-0.3, -0.25) is 19.3 Å². The second kappa shape index (κ2) is 11.3. The summed E-state index contributed by atoms with van der Waals surface area (Å²) in [6.45, 7) is -0.546. The number of methoxy groups -OCH3 is 1. The van der Waals surface area contributed by atoms with Crippen molar-refractivity contribution in [1.82, 2.24) is 4.90 Å². The molecule has 10 heteroatoms. The van der Waals surface area contributed by atoms with Crippen LogP contribution in [0.3, 0.4) is 0 Å². The molecule has 4 rings (SSSR count). The van der Waals surface area contributed by atoms with Crippen LogP contribution in [0.15, 0.2) is 71.6 Å². The number of anilines is 1. The number of rotatable bonds is 8. The molecule has 0 unspecified atom stereocenters. The first-order valence-electron chi connectivity index (χ1n) is 10.7. The van der Waals surface area contributed by atoms with Crippen molar-refractivity contribution in [2.75, 3.05) is 19.0 Å². The molecule has 3 aromatic rings. The summed E-state index contributed by atoms with van der Waals surface area (Å²) in [6, 6.07) is 18.0. The second-order valence-corrected chi connectivity index (χ2v) is 8.98. The maximum atomic E-state index is 14.1. The van der Waals surface area contributed by atoms with Crippen molar-refractivity contribution in [3.05, 3.63) is 93.6 Å². The third-order valence-electron chi connectivity index (χ3n) is 5.15. The third-order valence-corrected chi connectivity index (χ3v) is 6.41. The number of ether oxygens (including phenoxy) is 2. The molecular formula is C26H20ClFN2O5S. The standard InChI is InChI=1S/C26H20ClFN2O5S/c1-34-21-11-10-16(12-22(21)35-15-18-19(27)8-5-9-20(18)28)13-23-25(32)30(26(33)36-23)14-24(31)29-17-6-3-2-4-7-17/h2-13H,14-15H2,1H3,(H,29,31)/b23-13+. The van der Waals surface area contributed by atoms with Gasteiger partial charge in [0.1, 0.15) is 19.0 Å². The zero-order chi connectivity index (χ0) is 25.7. The van der Waals surface area contributed by atoms with Gasteiger partial charge in [0.2, 0.25) is 5.91 Å². The van der Waals surface area contributed by atoms with Crippen molar-refractivity contribution < 1.29 is 28.2 Å². The number of hydrogen-bond donors (Lipinski definition) is 1. The summed E-state index contributed by atoms with van der Waals surface area (Å²) >= 11 is 6.81. The molecule has 3 aromatic carbocycles. The lowest BCUT2D eigenvalue weighted by atomic mass is 10.1. The zero-order valence-electron chi connectivity index (χ0n) is 19.0. The highest BCUT2D eigenvalue weighted by molar-refractivity contribution is 8.18. The first-order chi connectivity index (χ1) is 17.4. The van der Waals surface area contributed by atoms with Gasteiger partial charge < -0.3 is 14.8 Å². The van der Waals surface area contributed by atoms with Crippen LogP contribution in [0.2, 0.25) is 5.02 Å². The van der Waals surface area contributed by atoms with E-state index in [1.54, 1.807) is 48.5 Å². The first-order valence-corrected chi connectivity index (χ1v) is 11.9. The molecule has 0 aromatic heterocycles. The molecule has 0 spiro atoms. The summed E-state index contributed by atoms with van der Waals surface area (Å²) in [6.07, 6.45) is 1.52. The highest BCUT2D eigenvalue weighted by atomic mass is 35.5. The molecule has 1 N–H and O–H groups in total. The molecule has 1 aliphatic heterocycles. The fraction of sp³-hybridized carbons (Fsp3) is 0.115. The number of nitrogens with one attached hydrogen (secondary N) is 1. The van der Waals surface area contributed by atoms with Gasteiger partial charge in [-0.2, -0.15) is 0 Å². The summed E-state index contributed by atoms with van der Waals surface area (Å²) in [5.74, 6) is -0.874. The maximum absolute atomic E-state index is 14.1. The minimum Gasteiger partial charge on any atom is -0.493 e. The Kier molecular flexibility index (Phi) is 7.92. The van der Waals surface area contributed by atoms with Crippen LogP contribution in [0.25, 0.3) is 6.08 Å². The van der Waals surface area contributed by atoms with Crippen molar-refractivity contribution in [2.24, 2.45) is 0 Å². The molecule has 0 atom stereocenters. The van der Waals surface area contributed by atoms with Crippen LogP contribution in [-0.2, 0) is 16.2 Å². The van der Waals surface area contributed by atoms with Gasteiger partial charge in [0.25, 0.3) is 11.1 Å². The highest BCUT2D eigenvalue weighted by Crippen LogP contribution is 2.35. The Morgan fingerprint density at radius 2 is 1.86 bits per heavy atom. The van der Waals surface area contributed by atoms with E-state index in [1.807, 2.05) is 6.07 Å². The molecule has 0 bridgehead atoms. The van der Waals surface area contributed by atoms with Gasteiger partial charge in [-0.1, -0.05) is 41.9 Å². The monoisotopic (exact) mass is 526 g/mol. The Bertz CT molecular complexity index is 1330. The summed E-state index contributed by atoms with van der Waals surface area (Å²) in [5, 5.41) is 2.33. The van der Waals surface area contributed by atoms with Gasteiger partial charge in [-0.15, -0.1) is 0 Å². The van der Waals surface area contributed by atoms with Crippen molar-refractivity contribution >= 4 is 52.2 Å². The van der Waals surface area contributed by atoms with Crippen LogP contribution in [0.4, 0.5) is 14.9 Å². The number of thioether (sulfide) groups is 1. The van der Waals surface area contributed by atoms with Crippen molar-refractivity contribution in [3.8, 4) is 11.5 Å². The van der Waals surface area contributed by atoms with Gasteiger partial charge in [-0.05, 0) is 59.8 Å². The Hall–Kier alpha value is -3.82. The van der Waals surface area contributed by atoms with E-state index in [2.05, 4.69) is 5.32 Å². The Labute approximate surface area is 215 Å². The van der Waals surface area contributed by atoms with Crippen LogP contribution in [0, 0.1) is 5.82 Å². The van der Waals surface area contributed by atoms with E-state index in [-0.39, 0.29) is 22.1 Å². The lowest BCUT2D eigenvalue weighted by Crippen LogP contribution is -2.36. The van der Waals surface area contributed by atoms with Crippen LogP contribution in [0.1, 0.15) is 11.1 Å². The fourth-order valence-electron chi connectivity index (χ4n) is 3.37. The van der Waals surface area contributed by atoms with E-state index in [1.165, 1.54) is 25.3 Å². The zero-order valence-corrected chi connectivity index (χ0v) is 20.6. The normalized spacial score (nSPS) is 14.3. The summed E-state index contributed by atoms with van der Waals surface area (Å²) in [7, 11) is 1.46. The van der Waals surface area contributed by atoms with E-state index < -0.39 is 29.4 Å². The lowest BCUT2D eigenvalue weighted by Gasteiger charge is -2.13. The molecular weight excluding hydrogens is 507 g/mol. The quantitative estimate of drug-likeness (QED) is 0.377. The molecule has 1 fully saturated rings. The second-order valence-electron chi connectivity index (χ2n) is 7.58. The Morgan fingerprint density at radius 3 is 2.58 bits per heavy atom. The van der Waals surface area contributed by atoms with Crippen molar-refractivity contribution in [3.63, 3.8) is 0 Å². The smallest absolute Gasteiger partial charge is 0.294 e. The molecule has 7 nitrogen and oxygen atoms in total. The number of nitrogens with zero attached hydrogens (tertiary/aromatic N) is 1. The van der Waals surface area contributed by atoms with E-state index in [0.717, 1.165) is 16.7 Å². The van der Waals surface area contributed by atoms with Gasteiger partial charge >= 0.3 is 0 Å². The van der Waals surface area contributed by atoms with Gasteiger partial charge in [0, 0.05) is 11.3 Å². The lowest BCUT2D eigenvalue weighted by molar-refractivity contribution is -0.127. The first kappa shape index (κ1) is 25.3. The van der Waals surface area contributed by atoms with Crippen LogP contribution >= 0.6 is 23.4 Å².